The molecule has 4 nitrogen and oxygen atoms in total. The van der Waals surface area contributed by atoms with Gasteiger partial charge in [0.05, 0.1) is 25.0 Å². The Bertz CT molecular complexity index is 466. The van der Waals surface area contributed by atoms with Crippen molar-refractivity contribution in [1.29, 1.82) is 0 Å². The number of methoxy groups -OCH3 is 1. The van der Waals surface area contributed by atoms with Gasteiger partial charge in [0.15, 0.2) is 0 Å². The molecular formula is C13H15NO3. The number of ether oxygens (including phenoxy) is 2. The van der Waals surface area contributed by atoms with Crippen molar-refractivity contribution >= 4 is 11.7 Å². The first kappa shape index (κ1) is 10.4. The summed E-state index contributed by atoms with van der Waals surface area (Å²) < 4.78 is 10.5. The quantitative estimate of drug-likeness (QED) is 0.754. The molecule has 2 aliphatic rings. The zero-order chi connectivity index (χ0) is 11.9. The summed E-state index contributed by atoms with van der Waals surface area (Å²) in [7, 11) is 1.38. The average Bonchev–Trinajstić information content (AvgIpc) is 3.16. The van der Waals surface area contributed by atoms with E-state index >= 15 is 0 Å². The first-order valence-corrected chi connectivity index (χ1v) is 5.82. The maximum Gasteiger partial charge on any atom is 0.337 e. The SMILES string of the molecule is COC(=O)c1ccc2c(c1)OCC1(CC1)CN2. The van der Waals surface area contributed by atoms with Gasteiger partial charge in [-0.3, -0.25) is 0 Å². The zero-order valence-electron chi connectivity index (χ0n) is 9.79. The van der Waals surface area contributed by atoms with E-state index in [0.29, 0.717) is 11.0 Å². The molecule has 0 bridgehead atoms. The van der Waals surface area contributed by atoms with Crippen LogP contribution in [-0.4, -0.2) is 26.2 Å². The summed E-state index contributed by atoms with van der Waals surface area (Å²) >= 11 is 0. The Kier molecular flexibility index (Phi) is 2.24. The summed E-state index contributed by atoms with van der Waals surface area (Å²) in [6.45, 7) is 1.69. The second-order valence-corrected chi connectivity index (χ2v) is 4.84. The van der Waals surface area contributed by atoms with Crippen LogP contribution in [0.2, 0.25) is 0 Å². The van der Waals surface area contributed by atoms with Crippen LogP contribution in [0.25, 0.3) is 0 Å². The van der Waals surface area contributed by atoms with Crippen molar-refractivity contribution in [3.63, 3.8) is 0 Å². The lowest BCUT2D eigenvalue weighted by Gasteiger charge is -2.10. The Labute approximate surface area is 99.9 Å². The molecule has 1 fully saturated rings. The molecule has 1 aliphatic carbocycles. The second kappa shape index (κ2) is 3.65. The van der Waals surface area contributed by atoms with Crippen LogP contribution in [-0.2, 0) is 4.74 Å². The number of fused-ring (bicyclic) bond motifs is 1. The molecule has 1 aromatic carbocycles. The van der Waals surface area contributed by atoms with Crippen molar-refractivity contribution in [2.75, 3.05) is 25.6 Å². The van der Waals surface area contributed by atoms with Crippen LogP contribution in [0.3, 0.4) is 0 Å². The number of anilines is 1. The molecule has 1 aromatic rings. The number of benzene rings is 1. The van der Waals surface area contributed by atoms with Crippen LogP contribution in [0.15, 0.2) is 18.2 Å². The van der Waals surface area contributed by atoms with E-state index < -0.39 is 0 Å². The van der Waals surface area contributed by atoms with Crippen LogP contribution in [0.4, 0.5) is 5.69 Å². The molecule has 0 saturated heterocycles. The highest BCUT2D eigenvalue weighted by molar-refractivity contribution is 5.90. The third kappa shape index (κ3) is 1.84. The van der Waals surface area contributed by atoms with Gasteiger partial charge in [-0.15, -0.1) is 0 Å². The molecule has 0 aromatic heterocycles. The number of hydrogen-bond acceptors (Lipinski definition) is 4. The molecule has 90 valence electrons. The maximum atomic E-state index is 11.4. The zero-order valence-corrected chi connectivity index (χ0v) is 9.79. The van der Waals surface area contributed by atoms with E-state index in [2.05, 4.69) is 5.32 Å². The van der Waals surface area contributed by atoms with Crippen LogP contribution < -0.4 is 10.1 Å². The van der Waals surface area contributed by atoms with Gasteiger partial charge in [0.1, 0.15) is 5.75 Å². The Morgan fingerprint density at radius 2 is 2.29 bits per heavy atom. The standard InChI is InChI=1S/C13H15NO3/c1-16-12(15)9-2-3-10-11(6-9)17-8-13(4-5-13)7-14-10/h2-3,6,14H,4-5,7-8H2,1H3. The van der Waals surface area contributed by atoms with Crippen molar-refractivity contribution in [1.82, 2.24) is 0 Å². The highest BCUT2D eigenvalue weighted by Crippen LogP contribution is 2.48. The van der Waals surface area contributed by atoms with Gasteiger partial charge >= 0.3 is 5.97 Å². The highest BCUT2D eigenvalue weighted by Gasteiger charge is 2.44. The predicted molar refractivity (Wildman–Crippen MR) is 63.4 cm³/mol. The van der Waals surface area contributed by atoms with E-state index in [1.807, 2.05) is 6.07 Å². The van der Waals surface area contributed by atoms with Gasteiger partial charge in [0.2, 0.25) is 0 Å². The molecule has 1 saturated carbocycles. The topological polar surface area (TPSA) is 47.6 Å². The first-order valence-electron chi connectivity index (χ1n) is 5.82. The van der Waals surface area contributed by atoms with Crippen molar-refractivity contribution in [2.24, 2.45) is 5.41 Å². The fraction of sp³-hybridized carbons (Fsp3) is 0.462. The van der Waals surface area contributed by atoms with Crippen molar-refractivity contribution in [3.8, 4) is 5.75 Å². The number of rotatable bonds is 1. The molecule has 1 N–H and O–H groups in total. The highest BCUT2D eigenvalue weighted by atomic mass is 16.5. The summed E-state index contributed by atoms with van der Waals surface area (Å²) in [5.74, 6) is 0.415. The van der Waals surface area contributed by atoms with Gasteiger partial charge in [-0.2, -0.15) is 0 Å². The van der Waals surface area contributed by atoms with Crippen LogP contribution >= 0.6 is 0 Å². The Hall–Kier alpha value is -1.71. The van der Waals surface area contributed by atoms with Gasteiger partial charge in [0.25, 0.3) is 0 Å². The fourth-order valence-corrected chi connectivity index (χ4v) is 2.10. The number of esters is 1. The Morgan fingerprint density at radius 3 is 3.00 bits per heavy atom. The molecule has 0 amide bonds. The van der Waals surface area contributed by atoms with Gasteiger partial charge in [0, 0.05) is 12.0 Å². The molecule has 0 radical (unpaired) electrons. The van der Waals surface area contributed by atoms with Crippen LogP contribution in [0.5, 0.6) is 5.75 Å². The average molecular weight is 233 g/mol. The molecule has 0 atom stereocenters. The maximum absolute atomic E-state index is 11.4. The summed E-state index contributed by atoms with van der Waals surface area (Å²) in [4.78, 5) is 11.4. The normalized spacial score (nSPS) is 19.6. The van der Waals surface area contributed by atoms with E-state index in [-0.39, 0.29) is 5.97 Å². The first-order chi connectivity index (χ1) is 8.22. The summed E-state index contributed by atoms with van der Waals surface area (Å²) in [6.07, 6.45) is 2.44. The molecule has 3 rings (SSSR count). The van der Waals surface area contributed by atoms with Gasteiger partial charge in [-0.1, -0.05) is 0 Å². The Morgan fingerprint density at radius 1 is 1.47 bits per heavy atom. The molecule has 1 aliphatic heterocycles. The van der Waals surface area contributed by atoms with E-state index in [0.717, 1.165) is 24.6 Å². The Balaban J connectivity index is 1.88. The summed E-state index contributed by atoms with van der Waals surface area (Å²) in [5.41, 5.74) is 1.81. The van der Waals surface area contributed by atoms with E-state index in [9.17, 15) is 4.79 Å². The summed E-state index contributed by atoms with van der Waals surface area (Å²) in [5, 5.41) is 3.38. The lowest BCUT2D eigenvalue weighted by Crippen LogP contribution is -2.18. The minimum Gasteiger partial charge on any atom is -0.491 e. The van der Waals surface area contributed by atoms with Crippen molar-refractivity contribution < 1.29 is 14.3 Å². The molecule has 0 unspecified atom stereocenters. The van der Waals surface area contributed by atoms with E-state index in [1.165, 1.54) is 20.0 Å². The van der Waals surface area contributed by atoms with Gasteiger partial charge in [-0.25, -0.2) is 4.79 Å². The molecule has 1 heterocycles. The lowest BCUT2D eigenvalue weighted by molar-refractivity contribution is 0.0600. The van der Waals surface area contributed by atoms with Crippen LogP contribution in [0.1, 0.15) is 23.2 Å². The van der Waals surface area contributed by atoms with Gasteiger partial charge in [-0.05, 0) is 31.0 Å². The smallest absolute Gasteiger partial charge is 0.337 e. The number of hydrogen-bond donors (Lipinski definition) is 1. The summed E-state index contributed by atoms with van der Waals surface area (Å²) in [6, 6.07) is 5.38. The minimum absolute atomic E-state index is 0.324. The number of carbonyl (C=O) groups excluding carboxylic acids is 1. The van der Waals surface area contributed by atoms with Crippen LogP contribution in [0, 0.1) is 5.41 Å². The largest absolute Gasteiger partial charge is 0.491 e. The minimum atomic E-state index is -0.332. The monoisotopic (exact) mass is 233 g/mol. The molecule has 17 heavy (non-hydrogen) atoms. The fourth-order valence-electron chi connectivity index (χ4n) is 2.10. The molecular weight excluding hydrogens is 218 g/mol. The van der Waals surface area contributed by atoms with Gasteiger partial charge < -0.3 is 14.8 Å². The number of carbonyl (C=O) groups is 1. The predicted octanol–water partition coefficient (Wildman–Crippen LogP) is 2.06. The van der Waals surface area contributed by atoms with Crippen molar-refractivity contribution in [3.05, 3.63) is 23.8 Å². The molecule has 1 spiro atoms. The van der Waals surface area contributed by atoms with E-state index in [4.69, 9.17) is 9.47 Å². The van der Waals surface area contributed by atoms with Crippen molar-refractivity contribution in [2.45, 2.75) is 12.8 Å². The third-order valence-corrected chi connectivity index (χ3v) is 3.55. The number of nitrogens with one attached hydrogen (secondary N) is 1. The van der Waals surface area contributed by atoms with E-state index in [1.54, 1.807) is 12.1 Å². The molecule has 4 heteroatoms. The second-order valence-electron chi connectivity index (χ2n) is 4.84. The lowest BCUT2D eigenvalue weighted by atomic mass is 10.1. The third-order valence-electron chi connectivity index (χ3n) is 3.55.